The van der Waals surface area contributed by atoms with E-state index in [4.69, 9.17) is 4.74 Å². The van der Waals surface area contributed by atoms with Gasteiger partial charge in [0, 0.05) is 19.3 Å². The SMILES string of the molecule is COCCNC(=O)C(C)Nc1ccc(C)cc1. The maximum absolute atomic E-state index is 11.7. The van der Waals surface area contributed by atoms with E-state index in [0.717, 1.165) is 5.69 Å². The highest BCUT2D eigenvalue weighted by molar-refractivity contribution is 5.84. The van der Waals surface area contributed by atoms with Crippen LogP contribution in [0.5, 0.6) is 0 Å². The van der Waals surface area contributed by atoms with Crippen molar-refractivity contribution < 1.29 is 9.53 Å². The Morgan fingerprint density at radius 1 is 1.35 bits per heavy atom. The molecule has 0 fully saturated rings. The molecule has 4 nitrogen and oxygen atoms in total. The summed E-state index contributed by atoms with van der Waals surface area (Å²) in [5.74, 6) is -0.0253. The lowest BCUT2D eigenvalue weighted by Crippen LogP contribution is -2.39. The number of aryl methyl sites for hydroxylation is 1. The summed E-state index contributed by atoms with van der Waals surface area (Å²) in [5.41, 5.74) is 2.15. The number of carbonyl (C=O) groups is 1. The molecule has 0 heterocycles. The average Bonchev–Trinajstić information content (AvgIpc) is 2.32. The monoisotopic (exact) mass is 236 g/mol. The molecule has 2 N–H and O–H groups in total. The lowest BCUT2D eigenvalue weighted by molar-refractivity contribution is -0.121. The second kappa shape index (κ2) is 6.91. The fourth-order valence-electron chi connectivity index (χ4n) is 1.39. The number of rotatable bonds is 6. The van der Waals surface area contributed by atoms with Crippen LogP contribution in [0.1, 0.15) is 12.5 Å². The van der Waals surface area contributed by atoms with Gasteiger partial charge in [-0.05, 0) is 26.0 Å². The zero-order valence-electron chi connectivity index (χ0n) is 10.6. The van der Waals surface area contributed by atoms with E-state index in [1.807, 2.05) is 38.1 Å². The van der Waals surface area contributed by atoms with E-state index in [1.165, 1.54) is 5.56 Å². The number of methoxy groups -OCH3 is 1. The first-order chi connectivity index (χ1) is 8.13. The number of nitrogens with one attached hydrogen (secondary N) is 2. The molecule has 0 bridgehead atoms. The van der Waals surface area contributed by atoms with Crippen LogP contribution < -0.4 is 10.6 Å². The number of amides is 1. The Kier molecular flexibility index (Phi) is 5.49. The first-order valence-corrected chi connectivity index (χ1v) is 5.73. The predicted molar refractivity (Wildman–Crippen MR) is 69.1 cm³/mol. The van der Waals surface area contributed by atoms with E-state index in [2.05, 4.69) is 10.6 Å². The summed E-state index contributed by atoms with van der Waals surface area (Å²) in [7, 11) is 1.61. The van der Waals surface area contributed by atoms with Crippen LogP contribution in [0.25, 0.3) is 0 Å². The topological polar surface area (TPSA) is 50.4 Å². The van der Waals surface area contributed by atoms with Crippen molar-refractivity contribution in [3.05, 3.63) is 29.8 Å². The van der Waals surface area contributed by atoms with Gasteiger partial charge in [-0.15, -0.1) is 0 Å². The Labute approximate surface area is 102 Å². The van der Waals surface area contributed by atoms with E-state index < -0.39 is 0 Å². The first kappa shape index (κ1) is 13.5. The van der Waals surface area contributed by atoms with Crippen molar-refractivity contribution in [2.45, 2.75) is 19.9 Å². The van der Waals surface area contributed by atoms with E-state index >= 15 is 0 Å². The van der Waals surface area contributed by atoms with Crippen LogP contribution in [-0.2, 0) is 9.53 Å². The van der Waals surface area contributed by atoms with Gasteiger partial charge in [-0.25, -0.2) is 0 Å². The molecule has 0 aliphatic heterocycles. The maximum Gasteiger partial charge on any atom is 0.242 e. The summed E-state index contributed by atoms with van der Waals surface area (Å²) in [5, 5.41) is 5.93. The molecule has 1 aromatic carbocycles. The fourth-order valence-corrected chi connectivity index (χ4v) is 1.39. The summed E-state index contributed by atoms with van der Waals surface area (Å²) >= 11 is 0. The molecule has 0 saturated carbocycles. The minimum absolute atomic E-state index is 0.0253. The Balaban J connectivity index is 2.40. The number of benzene rings is 1. The largest absolute Gasteiger partial charge is 0.383 e. The number of hydrogen-bond acceptors (Lipinski definition) is 3. The molecule has 0 aliphatic rings. The molecule has 0 radical (unpaired) electrons. The molecule has 1 amide bonds. The highest BCUT2D eigenvalue weighted by Gasteiger charge is 2.11. The van der Waals surface area contributed by atoms with Gasteiger partial charge in [0.15, 0.2) is 0 Å². The standard InChI is InChI=1S/C13H20N2O2/c1-10-4-6-12(7-5-10)15-11(2)13(16)14-8-9-17-3/h4-7,11,15H,8-9H2,1-3H3,(H,14,16). The fraction of sp³-hybridized carbons (Fsp3) is 0.462. The van der Waals surface area contributed by atoms with Crippen LogP contribution in [-0.4, -0.2) is 32.2 Å². The van der Waals surface area contributed by atoms with Crippen molar-refractivity contribution in [1.82, 2.24) is 5.32 Å². The zero-order valence-corrected chi connectivity index (χ0v) is 10.6. The smallest absolute Gasteiger partial charge is 0.242 e. The van der Waals surface area contributed by atoms with Crippen LogP contribution in [0.15, 0.2) is 24.3 Å². The molecule has 1 aromatic rings. The maximum atomic E-state index is 11.7. The van der Waals surface area contributed by atoms with Crippen LogP contribution in [0.2, 0.25) is 0 Å². The van der Waals surface area contributed by atoms with Crippen molar-refractivity contribution >= 4 is 11.6 Å². The van der Waals surface area contributed by atoms with E-state index in [0.29, 0.717) is 13.2 Å². The summed E-state index contributed by atoms with van der Waals surface area (Å²) in [6.45, 7) is 4.94. The van der Waals surface area contributed by atoms with Gasteiger partial charge in [0.1, 0.15) is 6.04 Å². The second-order valence-corrected chi connectivity index (χ2v) is 4.02. The van der Waals surface area contributed by atoms with E-state index in [9.17, 15) is 4.79 Å². The molecule has 1 unspecified atom stereocenters. The summed E-state index contributed by atoms with van der Waals surface area (Å²) in [4.78, 5) is 11.7. The molecule has 0 aliphatic carbocycles. The quantitative estimate of drug-likeness (QED) is 0.737. The predicted octanol–water partition coefficient (Wildman–Crippen LogP) is 1.56. The summed E-state index contributed by atoms with van der Waals surface area (Å²) < 4.78 is 4.87. The van der Waals surface area contributed by atoms with Gasteiger partial charge >= 0.3 is 0 Å². The normalized spacial score (nSPS) is 11.9. The summed E-state index contributed by atoms with van der Waals surface area (Å²) in [6.07, 6.45) is 0. The number of anilines is 1. The van der Waals surface area contributed by atoms with Crippen LogP contribution in [0, 0.1) is 6.92 Å². The molecule has 1 atom stereocenters. The zero-order chi connectivity index (χ0) is 12.7. The third-order valence-corrected chi connectivity index (χ3v) is 2.43. The third-order valence-electron chi connectivity index (χ3n) is 2.43. The molecular weight excluding hydrogens is 216 g/mol. The van der Waals surface area contributed by atoms with Gasteiger partial charge in [0.25, 0.3) is 0 Å². The Morgan fingerprint density at radius 2 is 2.00 bits per heavy atom. The van der Waals surface area contributed by atoms with Gasteiger partial charge in [0.2, 0.25) is 5.91 Å². The molecule has 0 spiro atoms. The van der Waals surface area contributed by atoms with Gasteiger partial charge in [-0.3, -0.25) is 4.79 Å². The minimum atomic E-state index is -0.255. The number of carbonyl (C=O) groups excluding carboxylic acids is 1. The van der Waals surface area contributed by atoms with Crippen LogP contribution in [0.3, 0.4) is 0 Å². The Bertz CT molecular complexity index is 349. The average molecular weight is 236 g/mol. The number of ether oxygens (including phenoxy) is 1. The van der Waals surface area contributed by atoms with Crippen molar-refractivity contribution in [3.8, 4) is 0 Å². The van der Waals surface area contributed by atoms with Crippen LogP contribution in [0.4, 0.5) is 5.69 Å². The second-order valence-electron chi connectivity index (χ2n) is 4.02. The Hall–Kier alpha value is -1.55. The number of hydrogen-bond donors (Lipinski definition) is 2. The van der Waals surface area contributed by atoms with E-state index in [-0.39, 0.29) is 11.9 Å². The molecular formula is C13H20N2O2. The van der Waals surface area contributed by atoms with Gasteiger partial charge < -0.3 is 15.4 Å². The highest BCUT2D eigenvalue weighted by Crippen LogP contribution is 2.09. The van der Waals surface area contributed by atoms with Gasteiger partial charge in [-0.1, -0.05) is 17.7 Å². The summed E-state index contributed by atoms with van der Waals surface area (Å²) in [6, 6.07) is 7.70. The molecule has 17 heavy (non-hydrogen) atoms. The van der Waals surface area contributed by atoms with Crippen LogP contribution >= 0.6 is 0 Å². The van der Waals surface area contributed by atoms with Crippen molar-refractivity contribution in [3.63, 3.8) is 0 Å². The van der Waals surface area contributed by atoms with Gasteiger partial charge in [0.05, 0.1) is 6.61 Å². The molecule has 4 heteroatoms. The van der Waals surface area contributed by atoms with Crippen molar-refractivity contribution in [1.29, 1.82) is 0 Å². The molecule has 1 rings (SSSR count). The first-order valence-electron chi connectivity index (χ1n) is 5.73. The van der Waals surface area contributed by atoms with Crippen molar-refractivity contribution in [2.75, 3.05) is 25.6 Å². The van der Waals surface area contributed by atoms with E-state index in [1.54, 1.807) is 7.11 Å². The lowest BCUT2D eigenvalue weighted by Gasteiger charge is -2.15. The van der Waals surface area contributed by atoms with Crippen molar-refractivity contribution in [2.24, 2.45) is 0 Å². The molecule has 0 aromatic heterocycles. The minimum Gasteiger partial charge on any atom is -0.383 e. The Morgan fingerprint density at radius 3 is 2.59 bits per heavy atom. The lowest BCUT2D eigenvalue weighted by atomic mass is 10.2. The van der Waals surface area contributed by atoms with Gasteiger partial charge in [-0.2, -0.15) is 0 Å². The third kappa shape index (κ3) is 4.87. The highest BCUT2D eigenvalue weighted by atomic mass is 16.5. The molecule has 94 valence electrons. The molecule has 0 saturated heterocycles.